The summed E-state index contributed by atoms with van der Waals surface area (Å²) in [7, 11) is 1.49. The number of hydrogen-bond acceptors (Lipinski definition) is 8. The van der Waals surface area contributed by atoms with Gasteiger partial charge >= 0.3 is 0 Å². The Kier molecular flexibility index (Phi) is 10.3. The number of azide groups is 1. The number of rotatable bonds is 13. The Hall–Kier alpha value is -5.59. The standard InChI is InChI=1S/C32H33N7O7/c1-44-26-10-8-23(25-9-7-22(46-25)19-34-27(40)11-17-45-18-12-36-37-33)29-28(26)24(20-35-29)30(41)32(43)39-15-13-38(14-16-39)31(42)21-5-3-2-4-6-21/h2-10,20,35H,11-19H2,1H3,(H,34,40). The third-order valence-electron chi connectivity index (χ3n) is 7.59. The Balaban J connectivity index is 1.24. The lowest BCUT2D eigenvalue weighted by atomic mass is 10.0. The molecule has 238 valence electrons. The summed E-state index contributed by atoms with van der Waals surface area (Å²) in [5, 5.41) is 6.58. The minimum atomic E-state index is -0.686. The molecule has 3 amide bonds. The fourth-order valence-corrected chi connectivity index (χ4v) is 5.22. The van der Waals surface area contributed by atoms with E-state index in [0.717, 1.165) is 0 Å². The van der Waals surface area contributed by atoms with Gasteiger partial charge in [0.2, 0.25) is 5.91 Å². The topological polar surface area (TPSA) is 183 Å². The molecule has 0 saturated carbocycles. The van der Waals surface area contributed by atoms with Gasteiger partial charge in [0, 0.05) is 61.4 Å². The Morgan fingerprint density at radius 2 is 1.76 bits per heavy atom. The number of ether oxygens (including phenoxy) is 2. The third-order valence-corrected chi connectivity index (χ3v) is 7.59. The first-order valence-electron chi connectivity index (χ1n) is 14.7. The highest BCUT2D eigenvalue weighted by Crippen LogP contribution is 2.37. The van der Waals surface area contributed by atoms with Crippen LogP contribution in [0.4, 0.5) is 0 Å². The first-order valence-corrected chi connectivity index (χ1v) is 14.7. The predicted octanol–water partition coefficient (Wildman–Crippen LogP) is 3.94. The Bertz CT molecular complexity index is 1770. The molecule has 0 spiro atoms. The van der Waals surface area contributed by atoms with Crippen molar-refractivity contribution in [1.82, 2.24) is 20.1 Å². The molecule has 2 aromatic heterocycles. The molecule has 0 radical (unpaired) electrons. The van der Waals surface area contributed by atoms with Gasteiger partial charge in [0.1, 0.15) is 17.3 Å². The van der Waals surface area contributed by atoms with Crippen molar-refractivity contribution >= 4 is 34.4 Å². The van der Waals surface area contributed by atoms with Crippen molar-refractivity contribution in [2.45, 2.75) is 13.0 Å². The number of piperazine rings is 1. The lowest BCUT2D eigenvalue weighted by molar-refractivity contribution is -0.127. The quantitative estimate of drug-likeness (QED) is 0.0562. The molecule has 0 bridgehead atoms. The third kappa shape index (κ3) is 7.20. The number of aromatic nitrogens is 1. The molecular weight excluding hydrogens is 594 g/mol. The Morgan fingerprint density at radius 3 is 2.50 bits per heavy atom. The summed E-state index contributed by atoms with van der Waals surface area (Å²) >= 11 is 0. The van der Waals surface area contributed by atoms with Gasteiger partial charge in [0.15, 0.2) is 0 Å². The smallest absolute Gasteiger partial charge is 0.295 e. The van der Waals surface area contributed by atoms with Gasteiger partial charge in [0.05, 0.1) is 43.3 Å². The molecule has 4 aromatic rings. The molecule has 1 fully saturated rings. The molecular formula is C32H33N7O7. The van der Waals surface area contributed by atoms with Crippen LogP contribution in [0.5, 0.6) is 5.75 Å². The van der Waals surface area contributed by atoms with Crippen LogP contribution >= 0.6 is 0 Å². The van der Waals surface area contributed by atoms with Gasteiger partial charge in [-0.1, -0.05) is 23.3 Å². The zero-order valence-corrected chi connectivity index (χ0v) is 25.2. The maximum atomic E-state index is 13.5. The highest BCUT2D eigenvalue weighted by Gasteiger charge is 2.31. The van der Waals surface area contributed by atoms with Gasteiger partial charge in [-0.25, -0.2) is 0 Å². The van der Waals surface area contributed by atoms with E-state index in [0.29, 0.717) is 52.4 Å². The molecule has 14 heteroatoms. The number of amides is 3. The number of ketones is 1. The van der Waals surface area contributed by atoms with E-state index in [4.69, 9.17) is 19.4 Å². The second-order valence-corrected chi connectivity index (χ2v) is 10.4. The molecule has 46 heavy (non-hydrogen) atoms. The van der Waals surface area contributed by atoms with E-state index >= 15 is 0 Å². The zero-order chi connectivity index (χ0) is 32.5. The molecule has 3 heterocycles. The molecule has 2 aromatic carbocycles. The van der Waals surface area contributed by atoms with Crippen LogP contribution in [0.3, 0.4) is 0 Å². The largest absolute Gasteiger partial charge is 0.496 e. The SMILES string of the molecule is COc1ccc(-c2ccc(CNC(=O)CCOCCN=[N+]=[N-])o2)c2[nH]cc(C(=O)C(=O)N3CCN(C(=O)c4ccccc4)CC3)c12. The average Bonchev–Trinajstić information content (AvgIpc) is 3.76. The minimum absolute atomic E-state index is 0.110. The zero-order valence-electron chi connectivity index (χ0n) is 25.2. The summed E-state index contributed by atoms with van der Waals surface area (Å²) in [4.78, 5) is 60.7. The number of fused-ring (bicyclic) bond motifs is 1. The number of Topliss-reactive ketones (excluding diaryl/α,β-unsaturated/α-hetero) is 1. The number of furan rings is 1. The van der Waals surface area contributed by atoms with E-state index in [9.17, 15) is 19.2 Å². The van der Waals surface area contributed by atoms with E-state index in [2.05, 4.69) is 20.3 Å². The molecule has 1 saturated heterocycles. The van der Waals surface area contributed by atoms with Crippen LogP contribution in [0.2, 0.25) is 0 Å². The number of methoxy groups -OCH3 is 1. The van der Waals surface area contributed by atoms with Crippen molar-refractivity contribution in [2.24, 2.45) is 5.11 Å². The summed E-state index contributed by atoms with van der Waals surface area (Å²) in [5.74, 6) is -0.262. The lowest BCUT2D eigenvalue weighted by Gasteiger charge is -2.34. The van der Waals surface area contributed by atoms with Gasteiger partial charge in [-0.3, -0.25) is 19.2 Å². The fraction of sp³-hybridized carbons (Fsp3) is 0.312. The monoisotopic (exact) mass is 627 g/mol. The van der Waals surface area contributed by atoms with Crippen LogP contribution in [0.15, 0.2) is 70.3 Å². The summed E-state index contributed by atoms with van der Waals surface area (Å²) in [6.07, 6.45) is 1.63. The fourth-order valence-electron chi connectivity index (χ4n) is 5.22. The normalized spacial score (nSPS) is 12.9. The second-order valence-electron chi connectivity index (χ2n) is 10.4. The van der Waals surface area contributed by atoms with Crippen LogP contribution in [0, 0.1) is 0 Å². The van der Waals surface area contributed by atoms with Crippen LogP contribution in [-0.2, 0) is 20.9 Å². The summed E-state index contributed by atoms with van der Waals surface area (Å²) in [5.41, 5.74) is 10.2. The van der Waals surface area contributed by atoms with E-state index < -0.39 is 11.7 Å². The first kappa shape index (κ1) is 31.8. The Labute approximate surface area is 263 Å². The number of nitrogens with zero attached hydrogens (tertiary/aromatic N) is 5. The average molecular weight is 628 g/mol. The Morgan fingerprint density at radius 1 is 1.00 bits per heavy atom. The molecule has 14 nitrogen and oxygen atoms in total. The van der Waals surface area contributed by atoms with E-state index in [1.165, 1.54) is 18.2 Å². The van der Waals surface area contributed by atoms with Crippen molar-refractivity contribution in [3.05, 3.63) is 88.1 Å². The molecule has 1 aliphatic rings. The number of aromatic amines is 1. The number of carbonyl (C=O) groups is 4. The van der Waals surface area contributed by atoms with Gasteiger partial charge < -0.3 is 34.0 Å². The van der Waals surface area contributed by atoms with Crippen LogP contribution in [0.25, 0.3) is 32.7 Å². The second kappa shape index (κ2) is 14.9. The number of hydrogen-bond donors (Lipinski definition) is 2. The summed E-state index contributed by atoms with van der Waals surface area (Å²) < 4.78 is 16.8. The van der Waals surface area contributed by atoms with Gasteiger partial charge in [-0.2, -0.15) is 0 Å². The highest BCUT2D eigenvalue weighted by atomic mass is 16.5. The van der Waals surface area contributed by atoms with Crippen LogP contribution in [0.1, 0.15) is 32.9 Å². The molecule has 0 atom stereocenters. The van der Waals surface area contributed by atoms with Crippen molar-refractivity contribution in [3.63, 3.8) is 0 Å². The summed E-state index contributed by atoms with van der Waals surface area (Å²) in [6.45, 7) is 1.92. The van der Waals surface area contributed by atoms with Crippen LogP contribution in [-0.4, -0.2) is 91.3 Å². The molecule has 1 aliphatic heterocycles. The predicted molar refractivity (Wildman–Crippen MR) is 167 cm³/mol. The van der Waals surface area contributed by atoms with E-state index in [1.807, 2.05) is 6.07 Å². The van der Waals surface area contributed by atoms with Crippen molar-refractivity contribution < 1.29 is 33.1 Å². The van der Waals surface area contributed by atoms with Crippen molar-refractivity contribution in [3.8, 4) is 17.1 Å². The molecule has 2 N–H and O–H groups in total. The minimum Gasteiger partial charge on any atom is -0.496 e. The van der Waals surface area contributed by atoms with Crippen LogP contribution < -0.4 is 10.1 Å². The first-order chi connectivity index (χ1) is 22.4. The molecule has 0 aliphatic carbocycles. The van der Waals surface area contributed by atoms with Gasteiger partial charge in [-0.15, -0.1) is 0 Å². The maximum absolute atomic E-state index is 13.5. The maximum Gasteiger partial charge on any atom is 0.295 e. The van der Waals surface area contributed by atoms with Gasteiger partial charge in [0.25, 0.3) is 17.6 Å². The molecule has 0 unspecified atom stereocenters. The number of nitrogens with one attached hydrogen (secondary N) is 2. The molecule has 5 rings (SSSR count). The number of benzene rings is 2. The summed E-state index contributed by atoms with van der Waals surface area (Å²) in [6, 6.07) is 15.9. The van der Waals surface area contributed by atoms with Gasteiger partial charge in [-0.05, 0) is 41.9 Å². The van der Waals surface area contributed by atoms with E-state index in [1.54, 1.807) is 53.4 Å². The van der Waals surface area contributed by atoms with E-state index in [-0.39, 0.29) is 63.2 Å². The number of carbonyl (C=O) groups excluding carboxylic acids is 4. The lowest BCUT2D eigenvalue weighted by Crippen LogP contribution is -2.52. The number of H-pyrrole nitrogens is 1. The highest BCUT2D eigenvalue weighted by molar-refractivity contribution is 6.45. The van der Waals surface area contributed by atoms with Crippen molar-refractivity contribution in [1.29, 1.82) is 0 Å². The van der Waals surface area contributed by atoms with Crippen molar-refractivity contribution in [2.75, 3.05) is 53.0 Å².